The van der Waals surface area contributed by atoms with Crippen LogP contribution in [0.5, 0.6) is 0 Å². The highest BCUT2D eigenvalue weighted by Crippen LogP contribution is 2.20. The van der Waals surface area contributed by atoms with Crippen molar-refractivity contribution < 1.29 is 9.90 Å². The summed E-state index contributed by atoms with van der Waals surface area (Å²) in [6.07, 6.45) is 4.11. The number of hydrogen-bond donors (Lipinski definition) is 1. The lowest BCUT2D eigenvalue weighted by molar-refractivity contribution is -0.135. The van der Waals surface area contributed by atoms with Crippen molar-refractivity contribution in [2.45, 2.75) is 13.3 Å². The summed E-state index contributed by atoms with van der Waals surface area (Å²) in [7, 11) is 0. The van der Waals surface area contributed by atoms with E-state index in [1.54, 1.807) is 17.3 Å². The third-order valence-corrected chi connectivity index (χ3v) is 3.94. The minimum Gasteiger partial charge on any atom is -0.480 e. The van der Waals surface area contributed by atoms with E-state index < -0.39 is 5.97 Å². The molecule has 2 heterocycles. The zero-order valence-corrected chi connectivity index (χ0v) is 14.5. The molecule has 6 heteroatoms. The Morgan fingerprint density at radius 1 is 1.08 bits per heavy atom. The van der Waals surface area contributed by atoms with Crippen LogP contribution in [-0.4, -0.2) is 39.1 Å². The van der Waals surface area contributed by atoms with Crippen LogP contribution in [0.25, 0.3) is 11.4 Å². The molecule has 1 N–H and O–H groups in total. The van der Waals surface area contributed by atoms with Crippen molar-refractivity contribution in [1.82, 2.24) is 15.0 Å². The maximum Gasteiger partial charge on any atom is 0.323 e. The Labute approximate surface area is 152 Å². The van der Waals surface area contributed by atoms with E-state index >= 15 is 0 Å². The number of aliphatic carboxylic acids is 1. The molecule has 2 aromatic heterocycles. The van der Waals surface area contributed by atoms with Crippen LogP contribution < -0.4 is 4.90 Å². The number of carboxylic acid groups (broad SMARTS) is 1. The lowest BCUT2D eigenvalue weighted by Crippen LogP contribution is -2.32. The van der Waals surface area contributed by atoms with Gasteiger partial charge in [0, 0.05) is 36.3 Å². The molecule has 1 aromatic carbocycles. The first kappa shape index (κ1) is 17.5. The first-order chi connectivity index (χ1) is 12.6. The van der Waals surface area contributed by atoms with E-state index in [1.807, 2.05) is 55.5 Å². The molecule has 0 fully saturated rings. The number of pyridine rings is 1. The standard InChI is InChI=1S/C20H20N4O2/c1-15-13-18(23-20(22-15)17-7-10-21-11-8-17)24(14-19(25)26)12-9-16-5-3-2-4-6-16/h2-8,10-11,13H,9,12,14H2,1H3,(H,25,26). The Bertz CT molecular complexity index is 869. The summed E-state index contributed by atoms with van der Waals surface area (Å²) in [6, 6.07) is 15.5. The molecular formula is C20H20N4O2. The average molecular weight is 348 g/mol. The highest BCUT2D eigenvalue weighted by Gasteiger charge is 2.15. The fourth-order valence-electron chi connectivity index (χ4n) is 2.69. The van der Waals surface area contributed by atoms with Crippen molar-refractivity contribution in [3.8, 4) is 11.4 Å². The molecule has 0 radical (unpaired) electrons. The minimum absolute atomic E-state index is 0.112. The maximum absolute atomic E-state index is 11.3. The molecule has 3 aromatic rings. The fourth-order valence-corrected chi connectivity index (χ4v) is 2.69. The van der Waals surface area contributed by atoms with Crippen molar-refractivity contribution in [2.24, 2.45) is 0 Å². The summed E-state index contributed by atoms with van der Waals surface area (Å²) >= 11 is 0. The zero-order valence-electron chi connectivity index (χ0n) is 14.5. The minimum atomic E-state index is -0.889. The van der Waals surface area contributed by atoms with Crippen LogP contribution in [-0.2, 0) is 11.2 Å². The molecule has 132 valence electrons. The van der Waals surface area contributed by atoms with Crippen LogP contribution in [0.2, 0.25) is 0 Å². The summed E-state index contributed by atoms with van der Waals surface area (Å²) < 4.78 is 0. The molecule has 0 saturated heterocycles. The summed E-state index contributed by atoms with van der Waals surface area (Å²) in [6.45, 7) is 2.33. The van der Waals surface area contributed by atoms with E-state index in [-0.39, 0.29) is 6.54 Å². The summed E-state index contributed by atoms with van der Waals surface area (Å²) in [5.74, 6) is 0.292. The van der Waals surface area contributed by atoms with Crippen LogP contribution in [0.4, 0.5) is 5.82 Å². The number of hydrogen-bond acceptors (Lipinski definition) is 5. The van der Waals surface area contributed by atoms with Crippen LogP contribution in [0, 0.1) is 6.92 Å². The van der Waals surface area contributed by atoms with E-state index in [0.717, 1.165) is 23.2 Å². The van der Waals surface area contributed by atoms with Crippen molar-refractivity contribution in [2.75, 3.05) is 18.0 Å². The molecule has 0 spiro atoms. The van der Waals surface area contributed by atoms with E-state index in [4.69, 9.17) is 0 Å². The van der Waals surface area contributed by atoms with Gasteiger partial charge in [-0.05, 0) is 31.0 Å². The second-order valence-corrected chi connectivity index (χ2v) is 5.98. The molecular weight excluding hydrogens is 328 g/mol. The number of rotatable bonds is 7. The molecule has 0 aliphatic heterocycles. The van der Waals surface area contributed by atoms with Gasteiger partial charge in [0.25, 0.3) is 0 Å². The van der Waals surface area contributed by atoms with Gasteiger partial charge in [0.1, 0.15) is 12.4 Å². The van der Waals surface area contributed by atoms with Crippen LogP contribution in [0.15, 0.2) is 60.9 Å². The molecule has 0 bridgehead atoms. The van der Waals surface area contributed by atoms with E-state index in [2.05, 4.69) is 15.0 Å². The van der Waals surface area contributed by atoms with Gasteiger partial charge in [-0.3, -0.25) is 9.78 Å². The summed E-state index contributed by atoms with van der Waals surface area (Å²) in [5.41, 5.74) is 2.79. The first-order valence-electron chi connectivity index (χ1n) is 8.38. The highest BCUT2D eigenvalue weighted by atomic mass is 16.4. The Balaban J connectivity index is 1.88. The van der Waals surface area contributed by atoms with Gasteiger partial charge in [0.05, 0.1) is 0 Å². The number of benzene rings is 1. The Kier molecular flexibility index (Phi) is 5.53. The summed E-state index contributed by atoms with van der Waals surface area (Å²) in [5, 5.41) is 9.30. The molecule has 0 amide bonds. The quantitative estimate of drug-likeness (QED) is 0.707. The van der Waals surface area contributed by atoms with Gasteiger partial charge in [-0.2, -0.15) is 0 Å². The predicted octanol–water partition coefficient (Wildman–Crippen LogP) is 2.98. The van der Waals surface area contributed by atoms with Crippen molar-refractivity contribution in [3.05, 3.63) is 72.2 Å². The third-order valence-electron chi connectivity index (χ3n) is 3.94. The maximum atomic E-state index is 11.3. The van der Waals surface area contributed by atoms with Gasteiger partial charge in [0.15, 0.2) is 5.82 Å². The molecule has 0 aliphatic rings. The predicted molar refractivity (Wildman–Crippen MR) is 100.0 cm³/mol. The topological polar surface area (TPSA) is 79.2 Å². The molecule has 0 atom stereocenters. The van der Waals surface area contributed by atoms with Crippen molar-refractivity contribution >= 4 is 11.8 Å². The molecule has 0 saturated carbocycles. The largest absolute Gasteiger partial charge is 0.480 e. The van der Waals surface area contributed by atoms with Crippen LogP contribution in [0.1, 0.15) is 11.3 Å². The lowest BCUT2D eigenvalue weighted by atomic mass is 10.1. The fraction of sp³-hybridized carbons (Fsp3) is 0.200. The van der Waals surface area contributed by atoms with E-state index in [9.17, 15) is 9.90 Å². The first-order valence-corrected chi connectivity index (χ1v) is 8.38. The molecule has 6 nitrogen and oxygen atoms in total. The normalized spacial score (nSPS) is 10.5. The molecule has 0 aliphatic carbocycles. The smallest absolute Gasteiger partial charge is 0.323 e. The number of carbonyl (C=O) groups is 1. The average Bonchev–Trinajstić information content (AvgIpc) is 2.66. The highest BCUT2D eigenvalue weighted by molar-refractivity contribution is 5.73. The zero-order chi connectivity index (χ0) is 18.4. The number of aryl methyl sites for hydroxylation is 1. The monoisotopic (exact) mass is 348 g/mol. The van der Waals surface area contributed by atoms with Gasteiger partial charge in [-0.1, -0.05) is 30.3 Å². The SMILES string of the molecule is Cc1cc(N(CCc2ccccc2)CC(=O)O)nc(-c2ccncc2)n1. The Hall–Kier alpha value is -3.28. The number of aromatic nitrogens is 3. The van der Waals surface area contributed by atoms with E-state index in [0.29, 0.717) is 18.2 Å². The Morgan fingerprint density at radius 3 is 2.50 bits per heavy atom. The second kappa shape index (κ2) is 8.20. The number of anilines is 1. The van der Waals surface area contributed by atoms with Crippen molar-refractivity contribution in [3.63, 3.8) is 0 Å². The van der Waals surface area contributed by atoms with E-state index in [1.165, 1.54) is 0 Å². The van der Waals surface area contributed by atoms with Gasteiger partial charge < -0.3 is 10.0 Å². The molecule has 0 unspecified atom stereocenters. The Morgan fingerprint density at radius 2 is 1.81 bits per heavy atom. The van der Waals surface area contributed by atoms with Crippen LogP contribution in [0.3, 0.4) is 0 Å². The third kappa shape index (κ3) is 4.63. The number of carboxylic acids is 1. The van der Waals surface area contributed by atoms with Gasteiger partial charge >= 0.3 is 5.97 Å². The van der Waals surface area contributed by atoms with Gasteiger partial charge in [0.2, 0.25) is 0 Å². The lowest BCUT2D eigenvalue weighted by Gasteiger charge is -2.22. The summed E-state index contributed by atoms with van der Waals surface area (Å²) in [4.78, 5) is 26.2. The number of nitrogens with zero attached hydrogens (tertiary/aromatic N) is 4. The molecule has 3 rings (SSSR count). The molecule has 26 heavy (non-hydrogen) atoms. The van der Waals surface area contributed by atoms with Gasteiger partial charge in [-0.15, -0.1) is 0 Å². The second-order valence-electron chi connectivity index (χ2n) is 5.98. The van der Waals surface area contributed by atoms with Crippen molar-refractivity contribution in [1.29, 1.82) is 0 Å². The van der Waals surface area contributed by atoms with Crippen LogP contribution >= 0.6 is 0 Å². The van der Waals surface area contributed by atoms with Gasteiger partial charge in [-0.25, -0.2) is 9.97 Å².